The first-order valence-electron chi connectivity index (χ1n) is 5.24. The van der Waals surface area contributed by atoms with Crippen molar-refractivity contribution in [3.8, 4) is 0 Å². The number of morpholine rings is 1. The molecule has 0 aliphatic carbocycles. The number of ether oxygens (including phenoxy) is 2. The third kappa shape index (κ3) is 2.74. The zero-order valence-electron chi connectivity index (χ0n) is 9.46. The number of methoxy groups -OCH3 is 1. The fourth-order valence-corrected chi connectivity index (χ4v) is 2.63. The highest BCUT2D eigenvalue weighted by Crippen LogP contribution is 2.24. The molecule has 1 saturated heterocycles. The molecule has 0 radical (unpaired) electrons. The van der Waals surface area contributed by atoms with Gasteiger partial charge in [0.2, 0.25) is 0 Å². The molecule has 0 spiro atoms. The van der Waals surface area contributed by atoms with Gasteiger partial charge >= 0.3 is 5.97 Å². The number of thiazole rings is 1. The van der Waals surface area contributed by atoms with Crippen LogP contribution >= 0.6 is 11.3 Å². The number of aromatic nitrogens is 1. The van der Waals surface area contributed by atoms with Crippen molar-refractivity contribution in [2.24, 2.45) is 0 Å². The van der Waals surface area contributed by atoms with Crippen LogP contribution < -0.4 is 4.90 Å². The van der Waals surface area contributed by atoms with E-state index in [0.717, 1.165) is 0 Å². The minimum atomic E-state index is -0.996. The molecule has 0 saturated carbocycles. The number of carboxylic acid groups (broad SMARTS) is 1. The molecule has 0 bridgehead atoms. The summed E-state index contributed by atoms with van der Waals surface area (Å²) in [4.78, 5) is 16.9. The highest BCUT2D eigenvalue weighted by Gasteiger charge is 2.26. The van der Waals surface area contributed by atoms with Crippen molar-refractivity contribution < 1.29 is 19.4 Å². The molecule has 1 fully saturated rings. The first kappa shape index (κ1) is 12.3. The molecule has 1 aliphatic heterocycles. The number of rotatable bonds is 4. The zero-order valence-corrected chi connectivity index (χ0v) is 10.3. The van der Waals surface area contributed by atoms with Gasteiger partial charge in [-0.15, -0.1) is 11.3 Å². The molecule has 94 valence electrons. The summed E-state index contributed by atoms with van der Waals surface area (Å²) in [6, 6.07) is 0.0987. The Morgan fingerprint density at radius 3 is 3.29 bits per heavy atom. The second-order valence-electron chi connectivity index (χ2n) is 3.70. The quantitative estimate of drug-likeness (QED) is 0.857. The summed E-state index contributed by atoms with van der Waals surface area (Å²) >= 11 is 1.34. The van der Waals surface area contributed by atoms with Crippen LogP contribution in [-0.2, 0) is 9.47 Å². The van der Waals surface area contributed by atoms with Crippen LogP contribution in [0.15, 0.2) is 5.38 Å². The van der Waals surface area contributed by atoms with Crippen LogP contribution in [0.1, 0.15) is 10.5 Å². The Bertz CT molecular complexity index is 393. The molecule has 0 amide bonds. The Labute approximate surface area is 103 Å². The van der Waals surface area contributed by atoms with Crippen LogP contribution in [0.3, 0.4) is 0 Å². The molecule has 1 N–H and O–H groups in total. The maximum absolute atomic E-state index is 10.8. The Kier molecular flexibility index (Phi) is 3.93. The van der Waals surface area contributed by atoms with E-state index in [1.54, 1.807) is 12.5 Å². The Balaban J connectivity index is 2.14. The van der Waals surface area contributed by atoms with Gasteiger partial charge in [-0.3, -0.25) is 0 Å². The van der Waals surface area contributed by atoms with Crippen LogP contribution in [-0.4, -0.2) is 55.6 Å². The van der Waals surface area contributed by atoms with Crippen LogP contribution in [0, 0.1) is 0 Å². The van der Waals surface area contributed by atoms with Crippen molar-refractivity contribution >= 4 is 22.4 Å². The molecule has 1 unspecified atom stereocenters. The highest BCUT2D eigenvalue weighted by atomic mass is 32.1. The normalized spacial score (nSPS) is 20.5. The lowest BCUT2D eigenvalue weighted by atomic mass is 10.2. The number of carbonyl (C=O) groups is 1. The lowest BCUT2D eigenvalue weighted by Crippen LogP contribution is -2.48. The molecule has 2 rings (SSSR count). The number of anilines is 1. The van der Waals surface area contributed by atoms with Crippen molar-refractivity contribution in [3.05, 3.63) is 11.1 Å². The van der Waals surface area contributed by atoms with Crippen molar-refractivity contribution in [2.45, 2.75) is 6.04 Å². The predicted molar refractivity (Wildman–Crippen MR) is 62.9 cm³/mol. The fraction of sp³-hybridized carbons (Fsp3) is 0.600. The summed E-state index contributed by atoms with van der Waals surface area (Å²) in [5.74, 6) is -0.996. The molecular weight excluding hydrogens is 244 g/mol. The number of hydrogen-bond acceptors (Lipinski definition) is 6. The molecule has 1 aliphatic rings. The highest BCUT2D eigenvalue weighted by molar-refractivity contribution is 7.13. The van der Waals surface area contributed by atoms with E-state index in [-0.39, 0.29) is 11.7 Å². The van der Waals surface area contributed by atoms with Crippen molar-refractivity contribution in [1.29, 1.82) is 0 Å². The van der Waals surface area contributed by atoms with Crippen molar-refractivity contribution in [1.82, 2.24) is 4.98 Å². The van der Waals surface area contributed by atoms with Crippen molar-refractivity contribution in [3.63, 3.8) is 0 Å². The smallest absolute Gasteiger partial charge is 0.355 e. The summed E-state index contributed by atoms with van der Waals surface area (Å²) in [6.07, 6.45) is 0. The molecule has 0 aromatic carbocycles. The maximum atomic E-state index is 10.8. The minimum absolute atomic E-state index is 0.0904. The number of hydrogen-bond donors (Lipinski definition) is 1. The third-order valence-electron chi connectivity index (χ3n) is 2.54. The van der Waals surface area contributed by atoms with Crippen LogP contribution in [0.5, 0.6) is 0 Å². The average molecular weight is 258 g/mol. The Hall–Kier alpha value is -1.18. The van der Waals surface area contributed by atoms with E-state index in [9.17, 15) is 4.79 Å². The molecule has 17 heavy (non-hydrogen) atoms. The molecule has 6 nitrogen and oxygen atoms in total. The fourth-order valence-electron chi connectivity index (χ4n) is 1.73. The summed E-state index contributed by atoms with van der Waals surface area (Å²) < 4.78 is 10.5. The van der Waals surface area contributed by atoms with E-state index in [4.69, 9.17) is 14.6 Å². The van der Waals surface area contributed by atoms with E-state index >= 15 is 0 Å². The van der Waals surface area contributed by atoms with Gasteiger partial charge in [0, 0.05) is 19.0 Å². The molecule has 1 aromatic heterocycles. The largest absolute Gasteiger partial charge is 0.476 e. The first-order chi connectivity index (χ1) is 8.22. The van der Waals surface area contributed by atoms with Crippen LogP contribution in [0.4, 0.5) is 5.13 Å². The number of nitrogens with zero attached hydrogens (tertiary/aromatic N) is 2. The maximum Gasteiger partial charge on any atom is 0.355 e. The van der Waals surface area contributed by atoms with Crippen LogP contribution in [0.2, 0.25) is 0 Å². The topological polar surface area (TPSA) is 71.9 Å². The minimum Gasteiger partial charge on any atom is -0.476 e. The Morgan fingerprint density at radius 1 is 1.82 bits per heavy atom. The van der Waals surface area contributed by atoms with Gasteiger partial charge in [-0.25, -0.2) is 9.78 Å². The molecule has 2 heterocycles. The van der Waals surface area contributed by atoms with E-state index in [0.29, 0.717) is 31.5 Å². The molecule has 7 heteroatoms. The first-order valence-corrected chi connectivity index (χ1v) is 6.12. The molecule has 1 atom stereocenters. The second-order valence-corrected chi connectivity index (χ2v) is 4.53. The van der Waals surface area contributed by atoms with E-state index in [2.05, 4.69) is 4.98 Å². The summed E-state index contributed by atoms with van der Waals surface area (Å²) in [5, 5.41) is 11.1. The van der Waals surface area contributed by atoms with Gasteiger partial charge in [-0.1, -0.05) is 0 Å². The lowest BCUT2D eigenvalue weighted by Gasteiger charge is -2.34. The standard InChI is InChI=1S/C10H14N2O4S/c1-15-4-7-5-16-3-2-12(7)10-11-8(6-17-10)9(13)14/h6-7H,2-5H2,1H3,(H,13,14). The molecular formula is C10H14N2O4S. The predicted octanol–water partition coefficient (Wildman–Crippen LogP) is 0.693. The van der Waals surface area contributed by atoms with Gasteiger partial charge in [0.05, 0.1) is 25.9 Å². The van der Waals surface area contributed by atoms with E-state index in [1.807, 2.05) is 4.90 Å². The van der Waals surface area contributed by atoms with Gasteiger partial charge in [-0.05, 0) is 0 Å². The van der Waals surface area contributed by atoms with Gasteiger partial charge in [-0.2, -0.15) is 0 Å². The monoisotopic (exact) mass is 258 g/mol. The van der Waals surface area contributed by atoms with Gasteiger partial charge < -0.3 is 19.5 Å². The summed E-state index contributed by atoms with van der Waals surface area (Å²) in [5.41, 5.74) is 0.0904. The van der Waals surface area contributed by atoms with Crippen LogP contribution in [0.25, 0.3) is 0 Å². The van der Waals surface area contributed by atoms with Crippen molar-refractivity contribution in [2.75, 3.05) is 38.4 Å². The average Bonchev–Trinajstić information content (AvgIpc) is 2.79. The van der Waals surface area contributed by atoms with E-state index < -0.39 is 5.97 Å². The third-order valence-corrected chi connectivity index (χ3v) is 3.42. The number of aromatic carboxylic acids is 1. The van der Waals surface area contributed by atoms with Gasteiger partial charge in [0.25, 0.3) is 0 Å². The molecule has 1 aromatic rings. The summed E-state index contributed by atoms with van der Waals surface area (Å²) in [7, 11) is 1.64. The van der Waals surface area contributed by atoms with Gasteiger partial charge in [0.1, 0.15) is 0 Å². The lowest BCUT2D eigenvalue weighted by molar-refractivity contribution is 0.0601. The van der Waals surface area contributed by atoms with E-state index in [1.165, 1.54) is 11.3 Å². The van der Waals surface area contributed by atoms with Gasteiger partial charge in [0.15, 0.2) is 10.8 Å². The second kappa shape index (κ2) is 5.44. The summed E-state index contributed by atoms with van der Waals surface area (Å²) in [6.45, 7) is 2.46. The SMILES string of the molecule is COCC1COCCN1c1nc(C(=O)O)cs1. The number of carboxylic acids is 1. The zero-order chi connectivity index (χ0) is 12.3. The Morgan fingerprint density at radius 2 is 2.65 bits per heavy atom.